The zero-order chi connectivity index (χ0) is 11.5. The molecule has 0 aliphatic heterocycles. The summed E-state index contributed by atoms with van der Waals surface area (Å²) in [5.74, 6) is -0.210. The maximum atomic E-state index is 13.0. The second kappa shape index (κ2) is 4.38. The molecule has 3 nitrogen and oxygen atoms in total. The van der Waals surface area contributed by atoms with E-state index in [1.165, 1.54) is 12.1 Å². The van der Waals surface area contributed by atoms with Crippen molar-refractivity contribution in [2.75, 3.05) is 0 Å². The lowest BCUT2D eigenvalue weighted by Crippen LogP contribution is -1.87. The highest BCUT2D eigenvalue weighted by atomic mass is 19.1. The van der Waals surface area contributed by atoms with E-state index in [4.69, 9.17) is 0 Å². The number of benzene rings is 1. The van der Waals surface area contributed by atoms with Crippen molar-refractivity contribution >= 4 is 0 Å². The topological polar surface area (TPSA) is 41.6 Å². The number of nitrogens with one attached hydrogen (secondary N) is 1. The summed E-state index contributed by atoms with van der Waals surface area (Å²) in [5, 5.41) is 6.66. The Morgan fingerprint density at radius 1 is 1.19 bits per heavy atom. The fourth-order valence-electron chi connectivity index (χ4n) is 1.46. The molecule has 0 unspecified atom stereocenters. The van der Waals surface area contributed by atoms with Crippen LogP contribution in [0.5, 0.6) is 0 Å². The summed E-state index contributed by atoms with van der Waals surface area (Å²) >= 11 is 0. The largest absolute Gasteiger partial charge is 0.263 e. The van der Waals surface area contributed by atoms with Gasteiger partial charge in [0.05, 0.1) is 0 Å². The molecule has 1 N–H and O–H groups in total. The molecule has 2 rings (SSSR count). The van der Waals surface area contributed by atoms with Crippen molar-refractivity contribution in [3.8, 4) is 11.4 Å². The number of hydrogen-bond donors (Lipinski definition) is 1. The number of halogens is 2. The van der Waals surface area contributed by atoms with E-state index in [1.54, 1.807) is 0 Å². The average Bonchev–Trinajstić information content (AvgIpc) is 2.65. The fourth-order valence-corrected chi connectivity index (χ4v) is 1.46. The predicted molar refractivity (Wildman–Crippen MR) is 55.7 cm³/mol. The Labute approximate surface area is 91.5 Å². The molecule has 0 spiro atoms. The van der Waals surface area contributed by atoms with Crippen LogP contribution < -0.4 is 0 Å². The first-order valence-corrected chi connectivity index (χ1v) is 5.07. The molecule has 1 aromatic heterocycles. The van der Waals surface area contributed by atoms with Crippen LogP contribution in [-0.4, -0.2) is 15.2 Å². The van der Waals surface area contributed by atoms with Crippen LogP contribution in [0.2, 0.25) is 0 Å². The molecule has 1 heterocycles. The number of rotatable bonds is 3. The van der Waals surface area contributed by atoms with Gasteiger partial charge in [0, 0.05) is 18.1 Å². The zero-order valence-corrected chi connectivity index (χ0v) is 8.80. The van der Waals surface area contributed by atoms with Crippen LogP contribution in [0.15, 0.2) is 18.2 Å². The zero-order valence-electron chi connectivity index (χ0n) is 8.80. The van der Waals surface area contributed by atoms with Gasteiger partial charge in [-0.05, 0) is 18.6 Å². The lowest BCUT2D eigenvalue weighted by molar-refractivity contribution is 0.584. The minimum atomic E-state index is -0.628. The molecular formula is C11H11F2N3. The molecule has 2 aromatic rings. The van der Waals surface area contributed by atoms with Crippen LogP contribution in [0, 0.1) is 11.6 Å². The molecule has 0 radical (unpaired) electrons. The van der Waals surface area contributed by atoms with Gasteiger partial charge in [-0.2, -0.15) is 5.10 Å². The molecule has 16 heavy (non-hydrogen) atoms. The van der Waals surface area contributed by atoms with Gasteiger partial charge < -0.3 is 0 Å². The first-order chi connectivity index (χ1) is 7.69. The van der Waals surface area contributed by atoms with Crippen LogP contribution in [0.4, 0.5) is 8.78 Å². The molecule has 5 heteroatoms. The molecule has 0 aliphatic rings. The van der Waals surface area contributed by atoms with Gasteiger partial charge in [0.1, 0.15) is 17.5 Å². The van der Waals surface area contributed by atoms with Crippen molar-refractivity contribution in [2.45, 2.75) is 19.8 Å². The Morgan fingerprint density at radius 3 is 2.50 bits per heavy atom. The predicted octanol–water partition coefficient (Wildman–Crippen LogP) is 2.70. The lowest BCUT2D eigenvalue weighted by Gasteiger charge is -1.96. The first kappa shape index (κ1) is 10.7. The van der Waals surface area contributed by atoms with E-state index in [0.717, 1.165) is 24.7 Å². The third-order valence-electron chi connectivity index (χ3n) is 2.14. The average molecular weight is 223 g/mol. The summed E-state index contributed by atoms with van der Waals surface area (Å²) in [5.41, 5.74) is 0.344. The van der Waals surface area contributed by atoms with Crippen molar-refractivity contribution in [3.63, 3.8) is 0 Å². The smallest absolute Gasteiger partial charge is 0.181 e. The molecule has 0 amide bonds. The third kappa shape index (κ3) is 2.24. The molecule has 0 fully saturated rings. The Kier molecular flexibility index (Phi) is 2.94. The molecule has 0 bridgehead atoms. The molecule has 0 saturated carbocycles. The standard InChI is InChI=1S/C11H11F2N3/c1-2-3-10-14-11(16-15-10)7-4-8(12)6-9(13)5-7/h4-6H,2-3H2,1H3,(H,14,15,16). The number of hydrogen-bond acceptors (Lipinski definition) is 2. The monoisotopic (exact) mass is 223 g/mol. The Morgan fingerprint density at radius 2 is 1.88 bits per heavy atom. The number of nitrogens with zero attached hydrogens (tertiary/aromatic N) is 2. The summed E-state index contributed by atoms with van der Waals surface area (Å²) in [6.45, 7) is 2.02. The molecule has 1 aromatic carbocycles. The molecule has 84 valence electrons. The highest BCUT2D eigenvalue weighted by molar-refractivity contribution is 5.54. The number of H-pyrrole nitrogens is 1. The van der Waals surface area contributed by atoms with Gasteiger partial charge in [0.2, 0.25) is 0 Å². The minimum absolute atomic E-state index is 0.321. The van der Waals surface area contributed by atoms with Gasteiger partial charge in [-0.25, -0.2) is 13.8 Å². The highest BCUT2D eigenvalue weighted by Crippen LogP contribution is 2.17. The van der Waals surface area contributed by atoms with Gasteiger partial charge in [-0.1, -0.05) is 6.92 Å². The second-order valence-electron chi connectivity index (χ2n) is 3.51. The summed E-state index contributed by atoms with van der Waals surface area (Å²) in [4.78, 5) is 4.15. The number of aromatic amines is 1. The van der Waals surface area contributed by atoms with Crippen molar-refractivity contribution in [2.24, 2.45) is 0 Å². The summed E-state index contributed by atoms with van der Waals surface area (Å²) < 4.78 is 25.9. The normalized spacial score (nSPS) is 10.7. The van der Waals surface area contributed by atoms with E-state index in [9.17, 15) is 8.78 Å². The van der Waals surface area contributed by atoms with Gasteiger partial charge in [-0.3, -0.25) is 5.10 Å². The summed E-state index contributed by atoms with van der Waals surface area (Å²) in [7, 11) is 0. The van der Waals surface area contributed by atoms with E-state index in [2.05, 4.69) is 15.2 Å². The van der Waals surface area contributed by atoms with E-state index < -0.39 is 11.6 Å². The first-order valence-electron chi connectivity index (χ1n) is 5.07. The van der Waals surface area contributed by atoms with E-state index >= 15 is 0 Å². The number of aromatic nitrogens is 3. The van der Waals surface area contributed by atoms with Crippen LogP contribution in [0.1, 0.15) is 19.2 Å². The number of aryl methyl sites for hydroxylation is 1. The van der Waals surface area contributed by atoms with E-state index in [1.807, 2.05) is 6.92 Å². The molecule has 0 saturated heterocycles. The quantitative estimate of drug-likeness (QED) is 0.869. The van der Waals surface area contributed by atoms with Crippen LogP contribution in [0.25, 0.3) is 11.4 Å². The second-order valence-corrected chi connectivity index (χ2v) is 3.51. The molecular weight excluding hydrogens is 212 g/mol. The highest BCUT2D eigenvalue weighted by Gasteiger charge is 2.08. The van der Waals surface area contributed by atoms with Crippen molar-refractivity contribution in [1.82, 2.24) is 15.2 Å². The Hall–Kier alpha value is -1.78. The van der Waals surface area contributed by atoms with Gasteiger partial charge in [-0.15, -0.1) is 0 Å². The fraction of sp³-hybridized carbons (Fsp3) is 0.273. The maximum absolute atomic E-state index is 13.0. The Bertz CT molecular complexity index is 473. The van der Waals surface area contributed by atoms with Crippen molar-refractivity contribution < 1.29 is 8.78 Å². The van der Waals surface area contributed by atoms with E-state index in [-0.39, 0.29) is 0 Å². The van der Waals surface area contributed by atoms with Crippen LogP contribution in [-0.2, 0) is 6.42 Å². The maximum Gasteiger partial charge on any atom is 0.181 e. The third-order valence-corrected chi connectivity index (χ3v) is 2.14. The van der Waals surface area contributed by atoms with Crippen molar-refractivity contribution in [1.29, 1.82) is 0 Å². The Balaban J connectivity index is 2.34. The minimum Gasteiger partial charge on any atom is -0.263 e. The SMILES string of the molecule is CCCc1nc(-c2cc(F)cc(F)c2)n[nH]1. The van der Waals surface area contributed by atoms with Crippen molar-refractivity contribution in [3.05, 3.63) is 35.7 Å². The van der Waals surface area contributed by atoms with Crippen LogP contribution in [0.3, 0.4) is 0 Å². The summed E-state index contributed by atoms with van der Waals surface area (Å²) in [6.07, 6.45) is 1.71. The van der Waals surface area contributed by atoms with Gasteiger partial charge in [0.25, 0.3) is 0 Å². The summed E-state index contributed by atoms with van der Waals surface area (Å²) in [6, 6.07) is 3.24. The van der Waals surface area contributed by atoms with Crippen LogP contribution >= 0.6 is 0 Å². The lowest BCUT2D eigenvalue weighted by atomic mass is 10.2. The molecule has 0 aliphatic carbocycles. The molecule has 0 atom stereocenters. The van der Waals surface area contributed by atoms with Gasteiger partial charge >= 0.3 is 0 Å². The van der Waals surface area contributed by atoms with E-state index in [0.29, 0.717) is 11.4 Å². The van der Waals surface area contributed by atoms with Gasteiger partial charge in [0.15, 0.2) is 5.82 Å².